The number of benzene rings is 1. The van der Waals surface area contributed by atoms with E-state index < -0.39 is 5.54 Å². The molecule has 2 rings (SSSR count). The summed E-state index contributed by atoms with van der Waals surface area (Å²) in [6, 6.07) is 10.1. The summed E-state index contributed by atoms with van der Waals surface area (Å²) in [5, 5.41) is 3.14. The molecule has 2 atom stereocenters. The summed E-state index contributed by atoms with van der Waals surface area (Å²) >= 11 is 0. The molecule has 1 aromatic carbocycles. The predicted octanol–water partition coefficient (Wildman–Crippen LogP) is 0.697. The van der Waals surface area contributed by atoms with Crippen LogP contribution in [0.1, 0.15) is 18.4 Å². The Bertz CT molecular complexity index is 460. The van der Waals surface area contributed by atoms with Gasteiger partial charge in [-0.05, 0) is 32.5 Å². The van der Waals surface area contributed by atoms with Crippen LogP contribution in [-0.2, 0) is 15.1 Å². The number of ether oxygens (including phenoxy) is 1. The molecule has 3 N–H and O–H groups in total. The fourth-order valence-electron chi connectivity index (χ4n) is 2.92. The maximum atomic E-state index is 12.1. The summed E-state index contributed by atoms with van der Waals surface area (Å²) in [7, 11) is 3.86. The number of amides is 1. The van der Waals surface area contributed by atoms with Crippen LogP contribution in [-0.4, -0.2) is 50.7 Å². The number of nitrogens with two attached hydrogens (primary N) is 1. The maximum Gasteiger partial charge on any atom is 0.242 e. The van der Waals surface area contributed by atoms with Crippen molar-refractivity contribution in [3.05, 3.63) is 35.9 Å². The topological polar surface area (TPSA) is 67.6 Å². The number of hydrogen-bond acceptors (Lipinski definition) is 4. The highest BCUT2D eigenvalue weighted by Gasteiger charge is 2.37. The molecule has 0 saturated carbocycles. The Balaban J connectivity index is 2.11. The van der Waals surface area contributed by atoms with Gasteiger partial charge in [0.1, 0.15) is 5.54 Å². The first-order valence-electron chi connectivity index (χ1n) is 7.42. The van der Waals surface area contributed by atoms with Gasteiger partial charge >= 0.3 is 0 Å². The van der Waals surface area contributed by atoms with Crippen LogP contribution < -0.4 is 11.1 Å². The number of nitrogens with one attached hydrogen (secondary N) is 1. The number of hydrogen-bond donors (Lipinski definition) is 2. The van der Waals surface area contributed by atoms with Crippen molar-refractivity contribution in [3.8, 4) is 0 Å². The van der Waals surface area contributed by atoms with Crippen LogP contribution in [0.5, 0.6) is 0 Å². The quantitative estimate of drug-likeness (QED) is 0.776. The van der Waals surface area contributed by atoms with E-state index in [0.717, 1.165) is 31.7 Å². The maximum absolute atomic E-state index is 12.1. The molecule has 1 fully saturated rings. The van der Waals surface area contributed by atoms with E-state index in [-0.39, 0.29) is 5.91 Å². The zero-order chi connectivity index (χ0) is 15.3. The Morgan fingerprint density at radius 3 is 2.71 bits per heavy atom. The van der Waals surface area contributed by atoms with Crippen molar-refractivity contribution < 1.29 is 9.53 Å². The molecule has 0 aliphatic carbocycles. The SMILES string of the molecule is CNC(CCN(C)C1CCOC1)(C(N)=O)c1ccccc1. The molecule has 0 aromatic heterocycles. The van der Waals surface area contributed by atoms with Crippen molar-refractivity contribution in [2.75, 3.05) is 33.9 Å². The molecule has 21 heavy (non-hydrogen) atoms. The van der Waals surface area contributed by atoms with E-state index in [9.17, 15) is 4.79 Å². The monoisotopic (exact) mass is 291 g/mol. The van der Waals surface area contributed by atoms with E-state index in [1.165, 1.54) is 0 Å². The zero-order valence-electron chi connectivity index (χ0n) is 12.8. The smallest absolute Gasteiger partial charge is 0.242 e. The van der Waals surface area contributed by atoms with Crippen molar-refractivity contribution in [2.45, 2.75) is 24.4 Å². The first-order valence-corrected chi connectivity index (χ1v) is 7.42. The van der Waals surface area contributed by atoms with Gasteiger partial charge in [0.25, 0.3) is 0 Å². The molecule has 116 valence electrons. The largest absolute Gasteiger partial charge is 0.380 e. The van der Waals surface area contributed by atoms with Gasteiger partial charge in [-0.3, -0.25) is 4.79 Å². The van der Waals surface area contributed by atoms with Crippen LogP contribution in [0.4, 0.5) is 0 Å². The third-order valence-corrected chi connectivity index (χ3v) is 4.48. The van der Waals surface area contributed by atoms with E-state index in [0.29, 0.717) is 12.5 Å². The Hall–Kier alpha value is -1.43. The fraction of sp³-hybridized carbons (Fsp3) is 0.562. The lowest BCUT2D eigenvalue weighted by molar-refractivity contribution is -0.125. The van der Waals surface area contributed by atoms with Crippen molar-refractivity contribution in [1.82, 2.24) is 10.2 Å². The van der Waals surface area contributed by atoms with Crippen LogP contribution in [0.3, 0.4) is 0 Å². The molecule has 0 bridgehead atoms. The number of primary amides is 1. The van der Waals surface area contributed by atoms with Gasteiger partial charge in [0, 0.05) is 19.2 Å². The van der Waals surface area contributed by atoms with Gasteiger partial charge in [0.05, 0.1) is 6.61 Å². The molecule has 1 amide bonds. The lowest BCUT2D eigenvalue weighted by Crippen LogP contribution is -2.53. The second-order valence-electron chi connectivity index (χ2n) is 5.63. The van der Waals surface area contributed by atoms with E-state index in [4.69, 9.17) is 10.5 Å². The normalized spacial score (nSPS) is 21.4. The molecular formula is C16H25N3O2. The van der Waals surface area contributed by atoms with E-state index >= 15 is 0 Å². The lowest BCUT2D eigenvalue weighted by Gasteiger charge is -2.33. The summed E-state index contributed by atoms with van der Waals surface area (Å²) in [4.78, 5) is 14.4. The summed E-state index contributed by atoms with van der Waals surface area (Å²) in [6.45, 7) is 2.37. The summed E-state index contributed by atoms with van der Waals surface area (Å²) in [6.07, 6.45) is 1.68. The number of rotatable bonds is 7. The van der Waals surface area contributed by atoms with E-state index in [1.807, 2.05) is 30.3 Å². The van der Waals surface area contributed by atoms with Crippen molar-refractivity contribution >= 4 is 5.91 Å². The summed E-state index contributed by atoms with van der Waals surface area (Å²) < 4.78 is 5.42. The Kier molecular flexibility index (Phi) is 5.33. The van der Waals surface area contributed by atoms with Gasteiger partial charge < -0.3 is 20.7 Å². The zero-order valence-corrected chi connectivity index (χ0v) is 12.8. The molecule has 5 nitrogen and oxygen atoms in total. The summed E-state index contributed by atoms with van der Waals surface area (Å²) in [5.41, 5.74) is 5.80. The molecule has 5 heteroatoms. The third-order valence-electron chi connectivity index (χ3n) is 4.48. The van der Waals surface area contributed by atoms with Gasteiger partial charge in [-0.25, -0.2) is 0 Å². The highest BCUT2D eigenvalue weighted by molar-refractivity contribution is 5.86. The molecule has 0 radical (unpaired) electrons. The summed E-state index contributed by atoms with van der Waals surface area (Å²) in [5.74, 6) is -0.340. The number of likely N-dealkylation sites (N-methyl/N-ethyl adjacent to an activating group) is 2. The molecule has 2 unspecified atom stereocenters. The molecule has 1 aromatic rings. The predicted molar refractivity (Wildman–Crippen MR) is 82.8 cm³/mol. The van der Waals surface area contributed by atoms with Gasteiger partial charge in [-0.15, -0.1) is 0 Å². The molecule has 1 saturated heterocycles. The standard InChI is InChI=1S/C16H25N3O2/c1-18-16(15(17)20,13-6-4-3-5-7-13)9-10-19(2)14-8-11-21-12-14/h3-7,14,18H,8-12H2,1-2H3,(H2,17,20). The van der Waals surface area contributed by atoms with Crippen LogP contribution >= 0.6 is 0 Å². The highest BCUT2D eigenvalue weighted by Crippen LogP contribution is 2.25. The minimum Gasteiger partial charge on any atom is -0.380 e. The highest BCUT2D eigenvalue weighted by atomic mass is 16.5. The van der Waals surface area contributed by atoms with Crippen molar-refractivity contribution in [3.63, 3.8) is 0 Å². The minimum absolute atomic E-state index is 0.340. The van der Waals surface area contributed by atoms with Crippen LogP contribution in [0.2, 0.25) is 0 Å². The Morgan fingerprint density at radius 2 is 2.19 bits per heavy atom. The van der Waals surface area contributed by atoms with Gasteiger partial charge in [0.15, 0.2) is 0 Å². The first kappa shape index (κ1) is 15.9. The minimum atomic E-state index is -0.824. The molecule has 1 heterocycles. The number of nitrogens with zero attached hydrogens (tertiary/aromatic N) is 1. The molecular weight excluding hydrogens is 266 g/mol. The Labute approximate surface area is 126 Å². The molecule has 1 aliphatic heterocycles. The lowest BCUT2D eigenvalue weighted by atomic mass is 9.85. The van der Waals surface area contributed by atoms with Crippen LogP contribution in [0, 0.1) is 0 Å². The van der Waals surface area contributed by atoms with E-state index in [2.05, 4.69) is 17.3 Å². The van der Waals surface area contributed by atoms with Crippen LogP contribution in [0.15, 0.2) is 30.3 Å². The first-order chi connectivity index (χ1) is 10.1. The molecule has 1 aliphatic rings. The van der Waals surface area contributed by atoms with E-state index in [1.54, 1.807) is 7.05 Å². The second-order valence-corrected chi connectivity index (χ2v) is 5.63. The van der Waals surface area contributed by atoms with Crippen molar-refractivity contribution in [1.29, 1.82) is 0 Å². The fourth-order valence-corrected chi connectivity index (χ4v) is 2.92. The van der Waals surface area contributed by atoms with Crippen molar-refractivity contribution in [2.24, 2.45) is 5.73 Å². The molecule has 0 spiro atoms. The van der Waals surface area contributed by atoms with Gasteiger partial charge in [-0.2, -0.15) is 0 Å². The second kappa shape index (κ2) is 7.02. The third kappa shape index (κ3) is 3.43. The van der Waals surface area contributed by atoms with Gasteiger partial charge in [-0.1, -0.05) is 30.3 Å². The number of carbonyl (C=O) groups is 1. The van der Waals surface area contributed by atoms with Crippen LogP contribution in [0.25, 0.3) is 0 Å². The average Bonchev–Trinajstić information content (AvgIpc) is 3.03. The van der Waals surface area contributed by atoms with Gasteiger partial charge in [0.2, 0.25) is 5.91 Å². The Morgan fingerprint density at radius 1 is 1.48 bits per heavy atom. The number of carbonyl (C=O) groups excluding carboxylic acids is 1. The average molecular weight is 291 g/mol.